The van der Waals surface area contributed by atoms with Crippen molar-refractivity contribution in [3.8, 4) is 0 Å². The van der Waals surface area contributed by atoms with Gasteiger partial charge in [-0.25, -0.2) is 13.1 Å². The van der Waals surface area contributed by atoms with Crippen molar-refractivity contribution in [2.75, 3.05) is 12.0 Å². The van der Waals surface area contributed by atoms with Crippen LogP contribution in [0.4, 0.5) is 0 Å². The molecule has 19 heavy (non-hydrogen) atoms. The summed E-state index contributed by atoms with van der Waals surface area (Å²) in [7, 11) is -3.33. The van der Waals surface area contributed by atoms with Crippen LogP contribution >= 0.6 is 11.8 Å². The Kier molecular flexibility index (Phi) is 6.85. The molecule has 0 radical (unpaired) electrons. The monoisotopic (exact) mass is 303 g/mol. The molecule has 6 heteroatoms. The van der Waals surface area contributed by atoms with Gasteiger partial charge >= 0.3 is 0 Å². The summed E-state index contributed by atoms with van der Waals surface area (Å²) >= 11 is 1.70. The molecule has 0 heterocycles. The Morgan fingerprint density at radius 2 is 2.05 bits per heavy atom. The van der Waals surface area contributed by atoms with Gasteiger partial charge in [0.1, 0.15) is 0 Å². The third-order valence-electron chi connectivity index (χ3n) is 2.67. The Balaban J connectivity index is 2.63. The topological polar surface area (TPSA) is 66.4 Å². The van der Waals surface area contributed by atoms with E-state index >= 15 is 0 Å². The molecule has 0 saturated carbocycles. The van der Waals surface area contributed by atoms with Gasteiger partial charge in [-0.3, -0.25) is 0 Å². The molecule has 0 aliphatic heterocycles. The maximum absolute atomic E-state index is 12.0. The predicted molar refractivity (Wildman–Crippen MR) is 80.6 cm³/mol. The standard InChI is InChI=1S/C13H21NO3S2/c1-11(6-7-18-2)14-19(16,17)10-13-5-3-4-12(8-13)9-15/h3-5,8,11,14-15H,6-7,9-10H2,1-2H3. The molecule has 108 valence electrons. The van der Waals surface area contributed by atoms with E-state index in [0.29, 0.717) is 5.56 Å². The van der Waals surface area contributed by atoms with Crippen LogP contribution in [0.3, 0.4) is 0 Å². The molecule has 0 spiro atoms. The van der Waals surface area contributed by atoms with E-state index in [4.69, 9.17) is 5.11 Å². The highest BCUT2D eigenvalue weighted by Gasteiger charge is 2.15. The summed E-state index contributed by atoms with van der Waals surface area (Å²) < 4.78 is 26.7. The lowest BCUT2D eigenvalue weighted by Gasteiger charge is -2.13. The van der Waals surface area contributed by atoms with E-state index in [-0.39, 0.29) is 18.4 Å². The SMILES string of the molecule is CSCCC(C)NS(=O)(=O)Cc1cccc(CO)c1. The van der Waals surface area contributed by atoms with Crippen LogP contribution in [-0.4, -0.2) is 31.6 Å². The van der Waals surface area contributed by atoms with Gasteiger partial charge in [0.25, 0.3) is 0 Å². The first-order valence-electron chi connectivity index (χ1n) is 6.14. The molecule has 0 fully saturated rings. The fraction of sp³-hybridized carbons (Fsp3) is 0.538. The van der Waals surface area contributed by atoms with Crippen LogP contribution < -0.4 is 4.72 Å². The quantitative estimate of drug-likeness (QED) is 0.768. The Bertz CT molecular complexity index is 488. The van der Waals surface area contributed by atoms with Crippen molar-refractivity contribution in [1.82, 2.24) is 4.72 Å². The second-order valence-corrected chi connectivity index (χ2v) is 7.28. The number of nitrogens with one attached hydrogen (secondary N) is 1. The minimum absolute atomic E-state index is 0.0511. The summed E-state index contributed by atoms with van der Waals surface area (Å²) in [6.07, 6.45) is 2.82. The molecule has 0 bridgehead atoms. The van der Waals surface area contributed by atoms with Crippen molar-refractivity contribution in [2.45, 2.75) is 31.7 Å². The highest BCUT2D eigenvalue weighted by molar-refractivity contribution is 7.98. The van der Waals surface area contributed by atoms with Crippen LogP contribution in [0.15, 0.2) is 24.3 Å². The zero-order chi connectivity index (χ0) is 14.3. The van der Waals surface area contributed by atoms with Crippen molar-refractivity contribution in [3.05, 3.63) is 35.4 Å². The average Bonchev–Trinajstić information content (AvgIpc) is 2.35. The first-order chi connectivity index (χ1) is 8.96. The zero-order valence-electron chi connectivity index (χ0n) is 11.3. The van der Waals surface area contributed by atoms with E-state index in [1.807, 2.05) is 13.2 Å². The number of benzene rings is 1. The summed E-state index contributed by atoms with van der Waals surface area (Å²) in [6.45, 7) is 1.79. The van der Waals surface area contributed by atoms with Crippen LogP contribution in [0.25, 0.3) is 0 Å². The van der Waals surface area contributed by atoms with Crippen LogP contribution in [0.5, 0.6) is 0 Å². The minimum Gasteiger partial charge on any atom is -0.392 e. The molecular formula is C13H21NO3S2. The van der Waals surface area contributed by atoms with Crippen LogP contribution in [0, 0.1) is 0 Å². The van der Waals surface area contributed by atoms with Crippen LogP contribution in [-0.2, 0) is 22.4 Å². The van der Waals surface area contributed by atoms with E-state index < -0.39 is 10.0 Å². The molecule has 1 aromatic rings. The number of rotatable bonds is 8. The maximum Gasteiger partial charge on any atom is 0.216 e. The number of sulfonamides is 1. The van der Waals surface area contributed by atoms with E-state index in [1.165, 1.54) is 0 Å². The molecule has 1 atom stereocenters. The fourth-order valence-corrected chi connectivity index (χ4v) is 3.76. The van der Waals surface area contributed by atoms with Crippen molar-refractivity contribution < 1.29 is 13.5 Å². The summed E-state index contributed by atoms with van der Waals surface area (Å²) in [5, 5.41) is 9.04. The molecule has 0 aliphatic rings. The van der Waals surface area contributed by atoms with Crippen molar-refractivity contribution in [2.24, 2.45) is 0 Å². The van der Waals surface area contributed by atoms with Crippen molar-refractivity contribution >= 4 is 21.8 Å². The average molecular weight is 303 g/mol. The number of hydrogen-bond donors (Lipinski definition) is 2. The first-order valence-corrected chi connectivity index (χ1v) is 9.19. The Morgan fingerprint density at radius 3 is 2.68 bits per heavy atom. The largest absolute Gasteiger partial charge is 0.392 e. The van der Waals surface area contributed by atoms with Gasteiger partial charge in [-0.1, -0.05) is 24.3 Å². The third-order valence-corrected chi connectivity index (χ3v) is 4.79. The van der Waals surface area contributed by atoms with Crippen molar-refractivity contribution in [3.63, 3.8) is 0 Å². The van der Waals surface area contributed by atoms with Gasteiger partial charge in [-0.2, -0.15) is 11.8 Å². The van der Waals surface area contributed by atoms with Crippen LogP contribution in [0.2, 0.25) is 0 Å². The molecule has 1 unspecified atom stereocenters. The zero-order valence-corrected chi connectivity index (χ0v) is 12.9. The van der Waals surface area contributed by atoms with Gasteiger partial charge in [-0.05, 0) is 36.5 Å². The summed E-state index contributed by atoms with van der Waals surface area (Å²) in [4.78, 5) is 0. The second kappa shape index (κ2) is 7.89. The van der Waals surface area contributed by atoms with Gasteiger partial charge in [0.05, 0.1) is 12.4 Å². The molecule has 0 aliphatic carbocycles. The summed E-state index contributed by atoms with van der Waals surface area (Å²) in [5.41, 5.74) is 1.42. The second-order valence-electron chi connectivity index (χ2n) is 4.54. The van der Waals surface area contributed by atoms with E-state index in [1.54, 1.807) is 36.0 Å². The molecule has 2 N–H and O–H groups in total. The molecule has 0 saturated heterocycles. The number of hydrogen-bond acceptors (Lipinski definition) is 4. The number of aliphatic hydroxyl groups excluding tert-OH is 1. The summed E-state index contributed by atoms with van der Waals surface area (Å²) in [5.74, 6) is 0.883. The first kappa shape index (κ1) is 16.5. The molecular weight excluding hydrogens is 282 g/mol. The Labute approximate surface area is 119 Å². The van der Waals surface area contributed by atoms with Crippen LogP contribution in [0.1, 0.15) is 24.5 Å². The lowest BCUT2D eigenvalue weighted by atomic mass is 10.1. The van der Waals surface area contributed by atoms with Gasteiger partial charge in [0.15, 0.2) is 0 Å². The van der Waals surface area contributed by atoms with Gasteiger partial charge < -0.3 is 5.11 Å². The molecule has 1 rings (SSSR count). The predicted octanol–water partition coefficient (Wildman–Crippen LogP) is 1.74. The molecule has 0 aromatic heterocycles. The lowest BCUT2D eigenvalue weighted by Crippen LogP contribution is -2.33. The van der Waals surface area contributed by atoms with Gasteiger partial charge in [0.2, 0.25) is 10.0 Å². The maximum atomic E-state index is 12.0. The third kappa shape index (κ3) is 6.42. The highest BCUT2D eigenvalue weighted by atomic mass is 32.2. The normalized spacial score (nSPS) is 13.4. The van der Waals surface area contributed by atoms with E-state index in [2.05, 4.69) is 4.72 Å². The fourth-order valence-electron chi connectivity index (χ4n) is 1.74. The van der Waals surface area contributed by atoms with Crippen molar-refractivity contribution in [1.29, 1.82) is 0 Å². The molecule has 0 amide bonds. The number of aliphatic hydroxyl groups is 1. The summed E-state index contributed by atoms with van der Waals surface area (Å²) in [6, 6.07) is 6.94. The minimum atomic E-state index is -3.33. The van der Waals surface area contributed by atoms with Gasteiger partial charge in [-0.15, -0.1) is 0 Å². The Hall–Kier alpha value is -0.560. The Morgan fingerprint density at radius 1 is 1.37 bits per heavy atom. The van der Waals surface area contributed by atoms with Gasteiger partial charge in [0, 0.05) is 6.04 Å². The molecule has 4 nitrogen and oxygen atoms in total. The highest BCUT2D eigenvalue weighted by Crippen LogP contribution is 2.10. The number of thioether (sulfide) groups is 1. The molecule has 1 aromatic carbocycles. The van der Waals surface area contributed by atoms with E-state index in [9.17, 15) is 8.42 Å². The van der Waals surface area contributed by atoms with E-state index in [0.717, 1.165) is 17.7 Å². The lowest BCUT2D eigenvalue weighted by molar-refractivity contribution is 0.282. The smallest absolute Gasteiger partial charge is 0.216 e.